The molecule has 2 heterocycles. The fourth-order valence-corrected chi connectivity index (χ4v) is 8.96. The van der Waals surface area contributed by atoms with E-state index in [2.05, 4.69) is 10.3 Å². The maximum Gasteiger partial charge on any atom is 1.00 e. The molecule has 0 unspecified atom stereocenters. The molecule has 2 aromatic rings. The Labute approximate surface area is 292 Å². The molecule has 10 nitrogen and oxygen atoms in total. The molecule has 0 N–H and O–H groups in total. The summed E-state index contributed by atoms with van der Waals surface area (Å²) in [5.41, 5.74) is 0.734. The van der Waals surface area contributed by atoms with Gasteiger partial charge in [-0.15, -0.1) is 0 Å². The molecule has 2 aliphatic heterocycles. The van der Waals surface area contributed by atoms with Gasteiger partial charge in [0, 0.05) is 48.4 Å². The second kappa shape index (κ2) is 15.5. The van der Waals surface area contributed by atoms with Crippen LogP contribution in [0.25, 0.3) is 0 Å². The summed E-state index contributed by atoms with van der Waals surface area (Å²) in [6.07, 6.45) is 9.11. The first kappa shape index (κ1) is 35.7. The average molecular weight is 633 g/mol. The molecule has 0 aromatic heterocycles. The molecule has 0 saturated carbocycles. The van der Waals surface area contributed by atoms with Crippen molar-refractivity contribution in [1.29, 1.82) is 0 Å². The van der Waals surface area contributed by atoms with E-state index in [4.69, 9.17) is 0 Å². The van der Waals surface area contributed by atoms with E-state index in [1.54, 1.807) is 0 Å². The van der Waals surface area contributed by atoms with Crippen LogP contribution in [0.4, 0.5) is 0 Å². The number of hydrogen-bond acceptors (Lipinski definition) is 8. The van der Waals surface area contributed by atoms with E-state index < -0.39 is 20.0 Å². The summed E-state index contributed by atoms with van der Waals surface area (Å²) in [6, 6.07) is 8.50. The Morgan fingerprint density at radius 3 is 1.14 bits per heavy atom. The van der Waals surface area contributed by atoms with Crippen molar-refractivity contribution in [3.8, 4) is 0 Å². The molecule has 0 atom stereocenters. The third-order valence-electron chi connectivity index (χ3n) is 8.09. The van der Waals surface area contributed by atoms with Crippen molar-refractivity contribution in [2.75, 3.05) is 26.2 Å². The van der Waals surface area contributed by atoms with E-state index in [9.17, 15) is 27.3 Å². The van der Waals surface area contributed by atoms with Crippen molar-refractivity contribution in [1.82, 2.24) is 8.61 Å². The zero-order valence-corrected chi connectivity index (χ0v) is 30.1. The predicted molar refractivity (Wildman–Crippen MR) is 155 cm³/mol. The van der Waals surface area contributed by atoms with Crippen molar-refractivity contribution in [2.24, 2.45) is 10.3 Å². The molecule has 2 fully saturated rings. The third-order valence-corrected chi connectivity index (χ3v) is 11.9. The molecule has 1 aliphatic carbocycles. The van der Waals surface area contributed by atoms with Gasteiger partial charge in [0.25, 0.3) is 0 Å². The number of nitrogens with zero attached hydrogens (tertiary/aromatic N) is 4. The van der Waals surface area contributed by atoms with Crippen LogP contribution in [0.2, 0.25) is 0 Å². The molecule has 2 saturated heterocycles. The Kier molecular flexibility index (Phi) is 13.1. The van der Waals surface area contributed by atoms with Crippen LogP contribution in [0.1, 0.15) is 86.5 Å². The standard InChI is InChI=1S/C28H36N4O6S2.2Na/c33-29-27-23-13-11-21(39(35,36)31-15-7-3-1-4-8-16-31)19-25(23)28(30-34)26-20-22(12-14-24(26)27)40(37,38)32-17-9-5-2-6-10-18-32;;/h11-14,19-20,33-34H,1-10,15-18H2;;/q;2*+1/p-2. The second-order valence-electron chi connectivity index (χ2n) is 10.6. The van der Waals surface area contributed by atoms with E-state index in [1.165, 1.54) is 45.0 Å². The summed E-state index contributed by atoms with van der Waals surface area (Å²) in [7, 11) is -7.73. The number of fused-ring (bicyclic) bond motifs is 2. The maximum absolute atomic E-state index is 13.6. The van der Waals surface area contributed by atoms with Crippen molar-refractivity contribution >= 4 is 31.5 Å². The topological polar surface area (TPSA) is 146 Å². The molecule has 3 aliphatic rings. The number of sulfonamides is 2. The smallest absolute Gasteiger partial charge is 0.791 e. The van der Waals surface area contributed by atoms with Crippen molar-refractivity contribution < 1.29 is 76.0 Å². The normalized spacial score (nSPS) is 19.0. The summed E-state index contributed by atoms with van der Waals surface area (Å²) >= 11 is 0. The molecule has 216 valence electrons. The van der Waals surface area contributed by atoms with Gasteiger partial charge in [-0.1, -0.05) is 50.7 Å². The minimum atomic E-state index is -3.86. The van der Waals surface area contributed by atoms with Crippen molar-refractivity contribution in [3.05, 3.63) is 69.1 Å². The first-order chi connectivity index (χ1) is 19.3. The summed E-state index contributed by atoms with van der Waals surface area (Å²) in [4.78, 5) is -0.0165. The van der Waals surface area contributed by atoms with Crippen LogP contribution < -0.4 is 59.1 Å². The average Bonchev–Trinajstić information content (AvgIpc) is 2.90. The first-order valence-electron chi connectivity index (χ1n) is 14.0. The Bertz CT molecular complexity index is 1420. The van der Waals surface area contributed by atoms with Crippen LogP contribution in [0.3, 0.4) is 0 Å². The first-order valence-corrected chi connectivity index (χ1v) is 16.9. The number of benzene rings is 2. The van der Waals surface area contributed by atoms with Crippen molar-refractivity contribution in [2.45, 2.75) is 74.0 Å². The van der Waals surface area contributed by atoms with E-state index >= 15 is 0 Å². The van der Waals surface area contributed by atoms with Gasteiger partial charge in [-0.2, -0.15) is 8.61 Å². The molecule has 14 heteroatoms. The maximum atomic E-state index is 13.6. The number of rotatable bonds is 4. The monoisotopic (exact) mass is 632 g/mol. The van der Waals surface area contributed by atoms with Gasteiger partial charge in [0.05, 0.1) is 21.2 Å². The van der Waals surface area contributed by atoms with E-state index in [-0.39, 0.29) is 103 Å². The molecule has 2 aromatic carbocycles. The van der Waals surface area contributed by atoms with Crippen molar-refractivity contribution in [3.63, 3.8) is 0 Å². The predicted octanol–water partition coefficient (Wildman–Crippen LogP) is -1.41. The summed E-state index contributed by atoms with van der Waals surface area (Å²) < 4.78 is 57.2. The zero-order valence-electron chi connectivity index (χ0n) is 24.4. The second-order valence-corrected chi connectivity index (χ2v) is 14.5. The third kappa shape index (κ3) is 7.19. The van der Waals surface area contributed by atoms with Crippen LogP contribution >= 0.6 is 0 Å². The minimum Gasteiger partial charge on any atom is -0.791 e. The quantitative estimate of drug-likeness (QED) is 0.255. The Morgan fingerprint density at radius 2 is 0.810 bits per heavy atom. The van der Waals surface area contributed by atoms with Crippen LogP contribution in [0.5, 0.6) is 0 Å². The van der Waals surface area contributed by atoms with Gasteiger partial charge in [-0.05, 0) is 49.9 Å². The molecular formula is C28H34N4Na2O6S2. The summed E-state index contributed by atoms with van der Waals surface area (Å²) in [5, 5.41) is 30.7. The van der Waals surface area contributed by atoms with Gasteiger partial charge >= 0.3 is 59.1 Å². The Morgan fingerprint density at radius 1 is 0.500 bits per heavy atom. The SMILES string of the molecule is O=S(=O)(c1ccc2c(c1)C(=N[O-])c1cc(S(=O)(=O)N3CCCCCCC3)ccc1C2=N[O-])N1CCCCCCC1.[Na+].[Na+]. The molecular weight excluding hydrogens is 598 g/mol. The Balaban J connectivity index is 0.00000242. The molecule has 5 rings (SSSR count). The van der Waals surface area contributed by atoms with E-state index in [1.807, 2.05) is 0 Å². The largest absolute Gasteiger partial charge is 1.00 e. The van der Waals surface area contributed by atoms with Gasteiger partial charge < -0.3 is 20.7 Å². The van der Waals surface area contributed by atoms with Crippen LogP contribution in [-0.2, 0) is 20.0 Å². The fraction of sp³-hybridized carbons (Fsp3) is 0.500. The van der Waals surface area contributed by atoms with Crippen LogP contribution in [0.15, 0.2) is 56.5 Å². The van der Waals surface area contributed by atoms with Crippen LogP contribution in [-0.4, -0.2) is 63.0 Å². The van der Waals surface area contributed by atoms with Gasteiger partial charge in [0.1, 0.15) is 0 Å². The molecule has 0 radical (unpaired) electrons. The molecule has 0 spiro atoms. The minimum absolute atomic E-state index is 0. The van der Waals surface area contributed by atoms with Gasteiger partial charge in [0.15, 0.2) is 0 Å². The molecule has 0 amide bonds. The van der Waals surface area contributed by atoms with E-state index in [0.29, 0.717) is 26.2 Å². The zero-order chi connectivity index (χ0) is 28.3. The Hall–Kier alpha value is -0.800. The van der Waals surface area contributed by atoms with E-state index in [0.717, 1.165) is 64.2 Å². The van der Waals surface area contributed by atoms with Gasteiger partial charge in [-0.3, -0.25) is 0 Å². The summed E-state index contributed by atoms with van der Waals surface area (Å²) in [6.45, 7) is 1.65. The van der Waals surface area contributed by atoms with Gasteiger partial charge in [-0.25, -0.2) is 16.8 Å². The molecule has 42 heavy (non-hydrogen) atoms. The summed E-state index contributed by atoms with van der Waals surface area (Å²) in [5.74, 6) is 0. The molecule has 0 bridgehead atoms. The van der Waals surface area contributed by atoms with Gasteiger partial charge in [0.2, 0.25) is 20.0 Å². The fourth-order valence-electron chi connectivity index (χ4n) is 5.88. The number of hydrogen-bond donors (Lipinski definition) is 0. The van der Waals surface area contributed by atoms with Crippen LogP contribution in [0, 0.1) is 10.4 Å².